The van der Waals surface area contributed by atoms with Gasteiger partial charge in [0.05, 0.1) is 11.4 Å². The van der Waals surface area contributed by atoms with Crippen molar-refractivity contribution in [3.05, 3.63) is 53.1 Å². The number of fused-ring (bicyclic) bond motifs is 2. The maximum atomic E-state index is 12.5. The predicted octanol–water partition coefficient (Wildman–Crippen LogP) is 4.23. The summed E-state index contributed by atoms with van der Waals surface area (Å²) in [4.78, 5) is 4.77. The van der Waals surface area contributed by atoms with Gasteiger partial charge in [0.2, 0.25) is 15.9 Å². The van der Waals surface area contributed by atoms with Gasteiger partial charge in [-0.15, -0.1) is 0 Å². The molecule has 6 rings (SSSR count). The van der Waals surface area contributed by atoms with Crippen LogP contribution in [0.3, 0.4) is 0 Å². The molecule has 2 aromatic heterocycles. The van der Waals surface area contributed by atoms with E-state index in [4.69, 9.17) is 15.5 Å². The standard InChI is InChI=1S/C24H24BrN5O3S/c25-21-22(26)30-23(20(14-27-30)17-6-5-15-3-1-2-4-16(15)13-17)28-24(21)33-18-9-11-29(12-10-18)34(31,32)19-7-8-19/h1-6,13-14,18-19H,7-12,26H2. The summed E-state index contributed by atoms with van der Waals surface area (Å²) in [6.07, 6.45) is 4.41. The lowest BCUT2D eigenvalue weighted by Gasteiger charge is -2.31. The summed E-state index contributed by atoms with van der Waals surface area (Å²) in [5.41, 5.74) is 8.84. The molecule has 0 bridgehead atoms. The van der Waals surface area contributed by atoms with E-state index in [1.165, 1.54) is 0 Å². The second-order valence-corrected chi connectivity index (χ2v) is 11.9. The number of nitrogen functional groups attached to an aromatic ring is 1. The molecule has 1 aliphatic carbocycles. The van der Waals surface area contributed by atoms with Crippen molar-refractivity contribution >= 4 is 48.2 Å². The number of hydrogen-bond acceptors (Lipinski definition) is 6. The third kappa shape index (κ3) is 3.73. The number of rotatable bonds is 5. The fourth-order valence-corrected chi connectivity index (χ4v) is 6.77. The number of sulfonamides is 1. The molecule has 1 saturated carbocycles. The largest absolute Gasteiger partial charge is 0.473 e. The van der Waals surface area contributed by atoms with Crippen LogP contribution in [0, 0.1) is 0 Å². The molecule has 1 saturated heterocycles. The minimum atomic E-state index is -3.15. The Kier molecular flexibility index (Phi) is 5.27. The van der Waals surface area contributed by atoms with Crippen molar-refractivity contribution in [2.45, 2.75) is 37.0 Å². The van der Waals surface area contributed by atoms with E-state index in [1.54, 1.807) is 15.0 Å². The number of benzene rings is 2. The van der Waals surface area contributed by atoms with Crippen LogP contribution in [0.25, 0.3) is 27.5 Å². The van der Waals surface area contributed by atoms with Gasteiger partial charge < -0.3 is 10.5 Å². The number of halogens is 1. The fraction of sp³-hybridized carbons (Fsp3) is 0.333. The number of hydrogen-bond donors (Lipinski definition) is 1. The maximum Gasteiger partial charge on any atom is 0.234 e. The van der Waals surface area contributed by atoms with Gasteiger partial charge in [-0.25, -0.2) is 12.7 Å². The van der Waals surface area contributed by atoms with Crippen LogP contribution < -0.4 is 10.5 Å². The molecule has 2 aromatic carbocycles. The summed E-state index contributed by atoms with van der Waals surface area (Å²) in [7, 11) is -3.15. The molecule has 10 heteroatoms. The number of piperidine rings is 1. The van der Waals surface area contributed by atoms with Crippen molar-refractivity contribution < 1.29 is 13.2 Å². The van der Waals surface area contributed by atoms with Crippen molar-refractivity contribution in [2.75, 3.05) is 18.8 Å². The van der Waals surface area contributed by atoms with E-state index in [0.717, 1.165) is 34.7 Å². The highest BCUT2D eigenvalue weighted by molar-refractivity contribution is 9.10. The molecular weight excluding hydrogens is 518 g/mol. The zero-order valence-electron chi connectivity index (χ0n) is 18.4. The van der Waals surface area contributed by atoms with Crippen LogP contribution in [0.2, 0.25) is 0 Å². The molecule has 3 heterocycles. The Morgan fingerprint density at radius 3 is 2.50 bits per heavy atom. The van der Waals surface area contributed by atoms with Crippen LogP contribution in [0.15, 0.2) is 53.1 Å². The van der Waals surface area contributed by atoms with Gasteiger partial charge in [-0.2, -0.15) is 14.6 Å². The van der Waals surface area contributed by atoms with Gasteiger partial charge in [-0.05, 0) is 64.0 Å². The average Bonchev–Trinajstić information content (AvgIpc) is 3.63. The highest BCUT2D eigenvalue weighted by atomic mass is 79.9. The first-order chi connectivity index (χ1) is 16.4. The minimum Gasteiger partial charge on any atom is -0.473 e. The molecule has 8 nitrogen and oxygen atoms in total. The Hall–Kier alpha value is -2.69. The van der Waals surface area contributed by atoms with Crippen LogP contribution in [0.5, 0.6) is 5.88 Å². The molecule has 4 aromatic rings. The van der Waals surface area contributed by atoms with Crippen molar-refractivity contribution in [1.29, 1.82) is 0 Å². The molecule has 0 amide bonds. The predicted molar refractivity (Wildman–Crippen MR) is 135 cm³/mol. The third-order valence-corrected chi connectivity index (χ3v) is 9.78. The Labute approximate surface area is 205 Å². The van der Waals surface area contributed by atoms with E-state index >= 15 is 0 Å². The number of anilines is 1. The highest BCUT2D eigenvalue weighted by Gasteiger charge is 2.41. The van der Waals surface area contributed by atoms with Gasteiger partial charge in [-0.1, -0.05) is 36.4 Å². The highest BCUT2D eigenvalue weighted by Crippen LogP contribution is 2.36. The van der Waals surface area contributed by atoms with E-state index in [2.05, 4.69) is 51.4 Å². The van der Waals surface area contributed by atoms with Crippen molar-refractivity contribution in [1.82, 2.24) is 18.9 Å². The first-order valence-electron chi connectivity index (χ1n) is 11.4. The lowest BCUT2D eigenvalue weighted by atomic mass is 10.0. The van der Waals surface area contributed by atoms with E-state index in [1.807, 2.05) is 12.1 Å². The minimum absolute atomic E-state index is 0.136. The molecule has 2 N–H and O–H groups in total. The van der Waals surface area contributed by atoms with Crippen LogP contribution in [0.4, 0.5) is 5.82 Å². The first-order valence-corrected chi connectivity index (χ1v) is 13.7. The summed E-state index contributed by atoms with van der Waals surface area (Å²) in [5, 5.41) is 6.57. The fourth-order valence-electron chi connectivity index (χ4n) is 4.55. The number of aromatic nitrogens is 3. The normalized spacial score (nSPS) is 18.0. The van der Waals surface area contributed by atoms with Gasteiger partial charge in [-0.3, -0.25) is 0 Å². The van der Waals surface area contributed by atoms with Crippen LogP contribution in [0.1, 0.15) is 25.7 Å². The third-order valence-electron chi connectivity index (χ3n) is 6.64. The summed E-state index contributed by atoms with van der Waals surface area (Å²) >= 11 is 3.52. The number of nitrogens with two attached hydrogens (primary N) is 1. The Morgan fingerprint density at radius 2 is 1.76 bits per heavy atom. The van der Waals surface area contributed by atoms with Crippen molar-refractivity contribution in [2.24, 2.45) is 0 Å². The lowest BCUT2D eigenvalue weighted by molar-refractivity contribution is 0.129. The summed E-state index contributed by atoms with van der Waals surface area (Å²) in [6.45, 7) is 0.932. The summed E-state index contributed by atoms with van der Waals surface area (Å²) < 4.78 is 35.0. The van der Waals surface area contributed by atoms with Crippen LogP contribution in [-0.4, -0.2) is 51.8 Å². The van der Waals surface area contributed by atoms with Crippen LogP contribution >= 0.6 is 15.9 Å². The van der Waals surface area contributed by atoms with Gasteiger partial charge >= 0.3 is 0 Å². The monoisotopic (exact) mass is 541 g/mol. The zero-order chi connectivity index (χ0) is 23.4. The average molecular weight is 542 g/mol. The van der Waals surface area contributed by atoms with E-state index in [-0.39, 0.29) is 11.4 Å². The van der Waals surface area contributed by atoms with E-state index < -0.39 is 10.0 Å². The van der Waals surface area contributed by atoms with E-state index in [0.29, 0.717) is 47.7 Å². The number of ether oxygens (including phenoxy) is 1. The molecule has 0 unspecified atom stereocenters. The number of nitrogens with zero attached hydrogens (tertiary/aromatic N) is 4. The van der Waals surface area contributed by atoms with Crippen molar-refractivity contribution in [3.8, 4) is 17.0 Å². The molecule has 0 atom stereocenters. The molecule has 34 heavy (non-hydrogen) atoms. The molecule has 1 aliphatic heterocycles. The topological polar surface area (TPSA) is 103 Å². The molecule has 2 fully saturated rings. The molecule has 0 radical (unpaired) electrons. The Morgan fingerprint density at radius 1 is 1.03 bits per heavy atom. The van der Waals surface area contributed by atoms with E-state index in [9.17, 15) is 8.42 Å². The Bertz CT molecular complexity index is 1510. The van der Waals surface area contributed by atoms with Gasteiger partial charge in [0.25, 0.3) is 0 Å². The zero-order valence-corrected chi connectivity index (χ0v) is 20.8. The SMILES string of the molecule is Nc1c(Br)c(OC2CCN(S(=O)(=O)C3CC3)CC2)nc2c(-c3ccc4ccccc4c3)cnn12. The first kappa shape index (κ1) is 21.8. The summed E-state index contributed by atoms with van der Waals surface area (Å²) in [5.74, 6) is 0.803. The molecular formula is C24H24BrN5O3S. The second kappa shape index (κ2) is 8.21. The molecule has 176 valence electrons. The van der Waals surface area contributed by atoms with Crippen molar-refractivity contribution in [3.63, 3.8) is 0 Å². The molecule has 0 spiro atoms. The second-order valence-electron chi connectivity index (χ2n) is 8.93. The summed E-state index contributed by atoms with van der Waals surface area (Å²) in [6, 6.07) is 14.4. The Balaban J connectivity index is 1.29. The van der Waals surface area contributed by atoms with Gasteiger partial charge in [0.15, 0.2) is 5.65 Å². The van der Waals surface area contributed by atoms with Gasteiger partial charge in [0, 0.05) is 18.7 Å². The quantitative estimate of drug-likeness (QED) is 0.405. The maximum absolute atomic E-state index is 12.5. The van der Waals surface area contributed by atoms with Crippen LogP contribution in [-0.2, 0) is 10.0 Å². The smallest absolute Gasteiger partial charge is 0.234 e. The lowest BCUT2D eigenvalue weighted by Crippen LogP contribution is -2.43. The van der Waals surface area contributed by atoms with Gasteiger partial charge in [0.1, 0.15) is 16.4 Å². The molecule has 2 aliphatic rings.